The Kier molecular flexibility index (Phi) is 3.75. The third-order valence-corrected chi connectivity index (χ3v) is 2.04. The molecule has 0 N–H and O–H groups in total. The molecule has 1 radical (unpaired) electrons. The van der Waals surface area contributed by atoms with Gasteiger partial charge in [0.25, 0.3) is 0 Å². The lowest BCUT2D eigenvalue weighted by Crippen LogP contribution is -2.10. The van der Waals surface area contributed by atoms with Crippen LogP contribution in [0.5, 0.6) is 0 Å². The number of hydrogen-bond donors (Lipinski definition) is 0. The Hall–Kier alpha value is -1.05. The SMILES string of the molecule is C[B]c1ccc(C(=O)CCC)cc1. The van der Waals surface area contributed by atoms with Crippen LogP contribution in [0.25, 0.3) is 0 Å². The van der Waals surface area contributed by atoms with Gasteiger partial charge >= 0.3 is 0 Å². The fourth-order valence-corrected chi connectivity index (χ4v) is 1.23. The minimum atomic E-state index is 0.241. The van der Waals surface area contributed by atoms with Gasteiger partial charge in [-0.25, -0.2) is 0 Å². The second-order valence-electron chi connectivity index (χ2n) is 3.08. The van der Waals surface area contributed by atoms with E-state index in [0.717, 1.165) is 17.4 Å². The molecule has 1 aromatic rings. The van der Waals surface area contributed by atoms with Crippen LogP contribution >= 0.6 is 0 Å². The molecule has 0 heterocycles. The molecule has 0 saturated heterocycles. The molecule has 67 valence electrons. The Morgan fingerprint density at radius 2 is 1.92 bits per heavy atom. The quantitative estimate of drug-likeness (QED) is 0.503. The van der Waals surface area contributed by atoms with E-state index in [9.17, 15) is 4.79 Å². The van der Waals surface area contributed by atoms with Crippen LogP contribution in [0.1, 0.15) is 30.1 Å². The molecule has 0 aliphatic carbocycles. The highest BCUT2D eigenvalue weighted by Gasteiger charge is 2.02. The fraction of sp³-hybridized carbons (Fsp3) is 0.364. The van der Waals surface area contributed by atoms with Gasteiger partial charge in [-0.05, 0) is 6.42 Å². The van der Waals surface area contributed by atoms with Crippen molar-refractivity contribution in [2.75, 3.05) is 0 Å². The second-order valence-corrected chi connectivity index (χ2v) is 3.08. The van der Waals surface area contributed by atoms with E-state index in [-0.39, 0.29) is 5.78 Å². The molecule has 1 aromatic carbocycles. The van der Waals surface area contributed by atoms with Crippen molar-refractivity contribution in [3.63, 3.8) is 0 Å². The number of Topliss-reactive ketones (excluding diaryl/α,β-unsaturated/α-hetero) is 1. The van der Waals surface area contributed by atoms with E-state index in [2.05, 4.69) is 0 Å². The van der Waals surface area contributed by atoms with Crippen molar-refractivity contribution in [3.05, 3.63) is 29.8 Å². The highest BCUT2D eigenvalue weighted by molar-refractivity contribution is 6.51. The number of carbonyl (C=O) groups is 1. The van der Waals surface area contributed by atoms with Crippen LogP contribution < -0.4 is 5.46 Å². The summed E-state index contributed by atoms with van der Waals surface area (Å²) in [4.78, 5) is 11.4. The van der Waals surface area contributed by atoms with Gasteiger partial charge < -0.3 is 0 Å². The highest BCUT2D eigenvalue weighted by Crippen LogP contribution is 2.03. The summed E-state index contributed by atoms with van der Waals surface area (Å²) in [6.07, 6.45) is 1.57. The van der Waals surface area contributed by atoms with Crippen molar-refractivity contribution in [1.82, 2.24) is 0 Å². The van der Waals surface area contributed by atoms with Crippen LogP contribution in [-0.4, -0.2) is 13.1 Å². The van der Waals surface area contributed by atoms with Crippen LogP contribution in [0.4, 0.5) is 0 Å². The van der Waals surface area contributed by atoms with Crippen LogP contribution in [-0.2, 0) is 0 Å². The number of rotatable bonds is 4. The summed E-state index contributed by atoms with van der Waals surface area (Å²) in [6.45, 7) is 4.01. The minimum absolute atomic E-state index is 0.241. The summed E-state index contributed by atoms with van der Waals surface area (Å²) in [5, 5.41) is 0. The van der Waals surface area contributed by atoms with Crippen LogP contribution in [0, 0.1) is 0 Å². The first kappa shape index (κ1) is 10.0. The fourth-order valence-electron chi connectivity index (χ4n) is 1.23. The standard InChI is InChI=1S/C11H14BO/c1-3-4-11(13)9-5-7-10(12-2)8-6-9/h5-8H,3-4H2,1-2H3. The Bertz CT molecular complexity index is 277. The third-order valence-electron chi connectivity index (χ3n) is 2.04. The van der Waals surface area contributed by atoms with Crippen molar-refractivity contribution >= 4 is 18.5 Å². The summed E-state index contributed by atoms with van der Waals surface area (Å²) in [7, 11) is 2.02. The monoisotopic (exact) mass is 173 g/mol. The van der Waals surface area contributed by atoms with Gasteiger partial charge in [0.2, 0.25) is 0 Å². The minimum Gasteiger partial charge on any atom is -0.294 e. The zero-order valence-electron chi connectivity index (χ0n) is 8.21. The molecule has 1 nitrogen and oxygen atoms in total. The third kappa shape index (κ3) is 2.73. The lowest BCUT2D eigenvalue weighted by atomic mass is 9.73. The zero-order chi connectivity index (χ0) is 9.68. The Morgan fingerprint density at radius 3 is 2.38 bits per heavy atom. The molecule has 0 aromatic heterocycles. The van der Waals surface area contributed by atoms with E-state index in [1.165, 1.54) is 0 Å². The van der Waals surface area contributed by atoms with E-state index in [0.29, 0.717) is 6.42 Å². The maximum absolute atomic E-state index is 11.4. The van der Waals surface area contributed by atoms with E-state index < -0.39 is 0 Å². The molecule has 0 fully saturated rings. The van der Waals surface area contributed by atoms with Gasteiger partial charge in [0.15, 0.2) is 5.78 Å². The molecule has 0 amide bonds. The molecule has 0 saturated carbocycles. The zero-order valence-corrected chi connectivity index (χ0v) is 8.21. The first-order valence-electron chi connectivity index (χ1n) is 4.70. The van der Waals surface area contributed by atoms with Gasteiger partial charge in [0.05, 0.1) is 0 Å². The number of ketones is 1. The largest absolute Gasteiger partial charge is 0.294 e. The van der Waals surface area contributed by atoms with E-state index in [1.54, 1.807) is 0 Å². The number of carbonyl (C=O) groups excluding carboxylic acids is 1. The lowest BCUT2D eigenvalue weighted by molar-refractivity contribution is 0.0982. The smallest absolute Gasteiger partial charge is 0.162 e. The van der Waals surface area contributed by atoms with Crippen molar-refractivity contribution in [2.45, 2.75) is 26.6 Å². The molecule has 13 heavy (non-hydrogen) atoms. The number of benzene rings is 1. The maximum Gasteiger partial charge on any atom is 0.162 e. The topological polar surface area (TPSA) is 17.1 Å². The summed E-state index contributed by atoms with van der Waals surface area (Å²) in [5.74, 6) is 0.241. The Morgan fingerprint density at radius 1 is 1.31 bits per heavy atom. The van der Waals surface area contributed by atoms with Crippen molar-refractivity contribution in [2.24, 2.45) is 0 Å². The van der Waals surface area contributed by atoms with E-state index >= 15 is 0 Å². The van der Waals surface area contributed by atoms with Crippen molar-refractivity contribution in [1.29, 1.82) is 0 Å². The van der Waals surface area contributed by atoms with Gasteiger partial charge in [-0.3, -0.25) is 4.79 Å². The maximum atomic E-state index is 11.4. The average molecular weight is 173 g/mol. The molecule has 0 aliphatic heterocycles. The van der Waals surface area contributed by atoms with Crippen LogP contribution in [0.3, 0.4) is 0 Å². The Labute approximate surface area is 80.4 Å². The lowest BCUT2D eigenvalue weighted by Gasteiger charge is -2.00. The summed E-state index contributed by atoms with van der Waals surface area (Å²) >= 11 is 0. The summed E-state index contributed by atoms with van der Waals surface area (Å²) in [6, 6.07) is 7.74. The normalized spacial score (nSPS) is 9.69. The first-order chi connectivity index (χ1) is 6.27. The van der Waals surface area contributed by atoms with Crippen molar-refractivity contribution in [3.8, 4) is 0 Å². The van der Waals surface area contributed by atoms with Gasteiger partial charge in [-0.1, -0.05) is 43.5 Å². The molecule has 0 unspecified atom stereocenters. The molecule has 2 heteroatoms. The van der Waals surface area contributed by atoms with Crippen LogP contribution in [0.15, 0.2) is 24.3 Å². The average Bonchev–Trinajstić information content (AvgIpc) is 2.18. The van der Waals surface area contributed by atoms with Gasteiger partial charge in [0, 0.05) is 12.0 Å². The van der Waals surface area contributed by atoms with Gasteiger partial charge in [-0.2, -0.15) is 0 Å². The predicted octanol–water partition coefficient (Wildman–Crippen LogP) is 2.05. The van der Waals surface area contributed by atoms with E-state index in [1.807, 2.05) is 45.3 Å². The van der Waals surface area contributed by atoms with Crippen molar-refractivity contribution < 1.29 is 4.79 Å². The molecule has 1 rings (SSSR count). The van der Waals surface area contributed by atoms with E-state index in [4.69, 9.17) is 0 Å². The number of hydrogen-bond acceptors (Lipinski definition) is 1. The summed E-state index contributed by atoms with van der Waals surface area (Å²) < 4.78 is 0. The highest BCUT2D eigenvalue weighted by atomic mass is 16.1. The van der Waals surface area contributed by atoms with Crippen LogP contribution in [0.2, 0.25) is 6.82 Å². The van der Waals surface area contributed by atoms with Gasteiger partial charge in [-0.15, -0.1) is 0 Å². The molecule has 0 aliphatic rings. The molecular weight excluding hydrogens is 159 g/mol. The first-order valence-corrected chi connectivity index (χ1v) is 4.70. The molecular formula is C11H14BO. The molecule has 0 bridgehead atoms. The molecule has 0 spiro atoms. The Balaban J connectivity index is 2.74. The molecule has 0 atom stereocenters. The summed E-state index contributed by atoms with van der Waals surface area (Å²) in [5.41, 5.74) is 1.99. The predicted molar refractivity (Wildman–Crippen MR) is 56.9 cm³/mol. The van der Waals surface area contributed by atoms with Gasteiger partial charge in [0.1, 0.15) is 7.28 Å². The second kappa shape index (κ2) is 4.85.